The number of benzene rings is 1. The smallest absolute Gasteiger partial charge is 0.273 e. The number of thiophene rings is 1. The van der Waals surface area contributed by atoms with Crippen LogP contribution in [0.2, 0.25) is 0 Å². The molecule has 23 heavy (non-hydrogen) atoms. The molecule has 2 aromatic rings. The minimum atomic E-state index is -0.814. The van der Waals surface area contributed by atoms with Crippen LogP contribution in [0.5, 0.6) is 11.5 Å². The highest BCUT2D eigenvalue weighted by atomic mass is 32.1. The Morgan fingerprint density at radius 3 is 2.78 bits per heavy atom. The Labute approximate surface area is 137 Å². The average molecular weight is 336 g/mol. The van der Waals surface area contributed by atoms with Gasteiger partial charge in [0, 0.05) is 10.9 Å². The van der Waals surface area contributed by atoms with Crippen molar-refractivity contribution in [2.24, 2.45) is 0 Å². The zero-order valence-corrected chi connectivity index (χ0v) is 13.5. The Balaban J connectivity index is 2.03. The van der Waals surface area contributed by atoms with Crippen molar-refractivity contribution >= 4 is 22.9 Å². The number of carbonyl (C=O) groups is 1. The summed E-state index contributed by atoms with van der Waals surface area (Å²) in [6.45, 7) is 1.98. The predicted octanol–water partition coefficient (Wildman–Crippen LogP) is 2.75. The zero-order valence-electron chi connectivity index (χ0n) is 12.6. The fourth-order valence-electron chi connectivity index (χ4n) is 1.85. The first-order valence-electron chi connectivity index (χ1n) is 6.80. The molecule has 2 rings (SSSR count). The SMILES string of the molecule is COc1ccc([N+](=O)[O-])cc1OC(C)C(=O)NCc1cccs1. The van der Waals surface area contributed by atoms with Gasteiger partial charge in [-0.15, -0.1) is 11.3 Å². The van der Waals surface area contributed by atoms with Gasteiger partial charge < -0.3 is 14.8 Å². The summed E-state index contributed by atoms with van der Waals surface area (Å²) < 4.78 is 10.6. The van der Waals surface area contributed by atoms with Crippen LogP contribution in [-0.4, -0.2) is 24.0 Å². The number of carbonyl (C=O) groups excluding carboxylic acids is 1. The van der Waals surface area contributed by atoms with Crippen molar-refractivity contribution < 1.29 is 19.2 Å². The fraction of sp³-hybridized carbons (Fsp3) is 0.267. The van der Waals surface area contributed by atoms with E-state index in [4.69, 9.17) is 9.47 Å². The number of nitrogens with one attached hydrogen (secondary N) is 1. The molecule has 1 unspecified atom stereocenters. The Hall–Kier alpha value is -2.61. The minimum Gasteiger partial charge on any atom is -0.493 e. The monoisotopic (exact) mass is 336 g/mol. The lowest BCUT2D eigenvalue weighted by Gasteiger charge is -2.16. The van der Waals surface area contributed by atoms with E-state index in [2.05, 4.69) is 5.32 Å². The van der Waals surface area contributed by atoms with Crippen molar-refractivity contribution in [2.75, 3.05) is 7.11 Å². The molecule has 0 saturated carbocycles. The van der Waals surface area contributed by atoms with Crippen molar-refractivity contribution in [1.29, 1.82) is 0 Å². The summed E-state index contributed by atoms with van der Waals surface area (Å²) in [6, 6.07) is 7.80. The normalized spacial score (nSPS) is 11.6. The molecule has 8 heteroatoms. The third-order valence-electron chi connectivity index (χ3n) is 3.05. The van der Waals surface area contributed by atoms with Gasteiger partial charge in [0.15, 0.2) is 17.6 Å². The number of rotatable bonds is 7. The number of hydrogen-bond acceptors (Lipinski definition) is 6. The third kappa shape index (κ3) is 4.43. The predicted molar refractivity (Wildman–Crippen MR) is 85.9 cm³/mol. The van der Waals surface area contributed by atoms with Gasteiger partial charge >= 0.3 is 0 Å². The van der Waals surface area contributed by atoms with E-state index in [0.717, 1.165) is 4.88 Å². The van der Waals surface area contributed by atoms with Gasteiger partial charge in [-0.25, -0.2) is 0 Å². The summed E-state index contributed by atoms with van der Waals surface area (Å²) in [5.41, 5.74) is -0.132. The van der Waals surface area contributed by atoms with Gasteiger partial charge in [-0.2, -0.15) is 0 Å². The quantitative estimate of drug-likeness (QED) is 0.620. The summed E-state index contributed by atoms with van der Waals surface area (Å²) in [5.74, 6) is 0.168. The summed E-state index contributed by atoms with van der Waals surface area (Å²) in [5, 5.41) is 15.5. The van der Waals surface area contributed by atoms with Gasteiger partial charge in [0.25, 0.3) is 11.6 Å². The maximum Gasteiger partial charge on any atom is 0.273 e. The lowest BCUT2D eigenvalue weighted by molar-refractivity contribution is -0.385. The van der Waals surface area contributed by atoms with E-state index in [9.17, 15) is 14.9 Å². The van der Waals surface area contributed by atoms with Crippen LogP contribution in [0.1, 0.15) is 11.8 Å². The first-order valence-corrected chi connectivity index (χ1v) is 7.68. The van der Waals surface area contributed by atoms with Crippen LogP contribution in [0, 0.1) is 10.1 Å². The summed E-state index contributed by atoms with van der Waals surface area (Å²) in [4.78, 5) is 23.4. The highest BCUT2D eigenvalue weighted by molar-refractivity contribution is 7.09. The summed E-state index contributed by atoms with van der Waals surface area (Å²) >= 11 is 1.54. The molecule has 0 aliphatic rings. The number of ether oxygens (including phenoxy) is 2. The second kappa shape index (κ2) is 7.59. The molecular formula is C15H16N2O5S. The van der Waals surface area contributed by atoms with Crippen LogP contribution in [-0.2, 0) is 11.3 Å². The van der Waals surface area contributed by atoms with Gasteiger partial charge in [0.2, 0.25) is 0 Å². The van der Waals surface area contributed by atoms with Crippen molar-refractivity contribution in [3.05, 3.63) is 50.7 Å². The molecule has 1 heterocycles. The van der Waals surface area contributed by atoms with Crippen molar-refractivity contribution in [1.82, 2.24) is 5.32 Å². The Morgan fingerprint density at radius 1 is 1.39 bits per heavy atom. The van der Waals surface area contributed by atoms with Crippen LogP contribution in [0.15, 0.2) is 35.7 Å². The van der Waals surface area contributed by atoms with E-state index in [1.54, 1.807) is 18.3 Å². The van der Waals surface area contributed by atoms with Crippen LogP contribution < -0.4 is 14.8 Å². The lowest BCUT2D eigenvalue weighted by Crippen LogP contribution is -2.35. The number of methoxy groups -OCH3 is 1. The number of hydrogen-bond donors (Lipinski definition) is 1. The number of nitro benzene ring substituents is 1. The van der Waals surface area contributed by atoms with E-state index < -0.39 is 11.0 Å². The number of amides is 1. The largest absolute Gasteiger partial charge is 0.493 e. The summed E-state index contributed by atoms with van der Waals surface area (Å²) in [6.07, 6.45) is -0.814. The molecular weight excluding hydrogens is 320 g/mol. The maximum absolute atomic E-state index is 12.1. The van der Waals surface area contributed by atoms with Crippen LogP contribution in [0.3, 0.4) is 0 Å². The zero-order chi connectivity index (χ0) is 16.8. The molecule has 0 spiro atoms. The van der Waals surface area contributed by atoms with E-state index in [0.29, 0.717) is 12.3 Å². The minimum absolute atomic E-state index is 0.132. The second-order valence-electron chi connectivity index (χ2n) is 4.65. The van der Waals surface area contributed by atoms with Gasteiger partial charge in [0.1, 0.15) is 0 Å². The fourth-order valence-corrected chi connectivity index (χ4v) is 2.49. The van der Waals surface area contributed by atoms with Crippen LogP contribution in [0.4, 0.5) is 5.69 Å². The first-order chi connectivity index (χ1) is 11.0. The van der Waals surface area contributed by atoms with Gasteiger partial charge in [-0.1, -0.05) is 6.07 Å². The van der Waals surface area contributed by atoms with Crippen molar-refractivity contribution in [3.8, 4) is 11.5 Å². The molecule has 1 aromatic carbocycles. The second-order valence-corrected chi connectivity index (χ2v) is 5.68. The molecule has 0 radical (unpaired) electrons. The van der Waals surface area contributed by atoms with E-state index in [-0.39, 0.29) is 17.3 Å². The highest BCUT2D eigenvalue weighted by Crippen LogP contribution is 2.31. The number of non-ortho nitro benzene ring substituents is 1. The van der Waals surface area contributed by atoms with Gasteiger partial charge in [-0.05, 0) is 24.4 Å². The van der Waals surface area contributed by atoms with Crippen molar-refractivity contribution in [3.63, 3.8) is 0 Å². The molecule has 0 aliphatic heterocycles. The third-order valence-corrected chi connectivity index (χ3v) is 3.92. The standard InChI is InChI=1S/C15H16N2O5S/c1-10(15(18)16-9-12-4-3-7-23-12)22-14-8-11(17(19)20)5-6-13(14)21-2/h3-8,10H,9H2,1-2H3,(H,16,18). The molecule has 0 bridgehead atoms. The molecule has 0 aliphatic carbocycles. The molecule has 0 saturated heterocycles. The summed E-state index contributed by atoms with van der Waals surface area (Å²) in [7, 11) is 1.43. The highest BCUT2D eigenvalue weighted by Gasteiger charge is 2.19. The molecule has 0 fully saturated rings. The molecule has 1 aromatic heterocycles. The van der Waals surface area contributed by atoms with Gasteiger partial charge in [-0.3, -0.25) is 14.9 Å². The topological polar surface area (TPSA) is 90.7 Å². The first kappa shape index (κ1) is 16.8. The number of nitro groups is 1. The maximum atomic E-state index is 12.1. The molecule has 1 N–H and O–H groups in total. The number of nitrogens with zero attached hydrogens (tertiary/aromatic N) is 1. The molecule has 1 amide bonds. The van der Waals surface area contributed by atoms with Gasteiger partial charge in [0.05, 0.1) is 24.6 Å². The Kier molecular flexibility index (Phi) is 5.53. The molecule has 122 valence electrons. The Bertz CT molecular complexity index is 687. The Morgan fingerprint density at radius 2 is 2.17 bits per heavy atom. The van der Waals surface area contributed by atoms with E-state index in [1.165, 1.54) is 25.3 Å². The molecule has 7 nitrogen and oxygen atoms in total. The lowest BCUT2D eigenvalue weighted by atomic mass is 10.2. The van der Waals surface area contributed by atoms with Crippen LogP contribution >= 0.6 is 11.3 Å². The van der Waals surface area contributed by atoms with Crippen LogP contribution in [0.25, 0.3) is 0 Å². The molecule has 1 atom stereocenters. The van der Waals surface area contributed by atoms with E-state index >= 15 is 0 Å². The average Bonchev–Trinajstić information content (AvgIpc) is 3.05. The van der Waals surface area contributed by atoms with Crippen molar-refractivity contribution in [2.45, 2.75) is 19.6 Å². The van der Waals surface area contributed by atoms with E-state index in [1.807, 2.05) is 17.5 Å².